The minimum atomic E-state index is -1.74. The molecule has 16 N–H and O–H groups in total. The van der Waals surface area contributed by atoms with Gasteiger partial charge >= 0.3 is 5.97 Å². The molecule has 0 aliphatic rings. The Labute approximate surface area is 337 Å². The largest absolute Gasteiger partial charge is 0.481 e. The number of guanidine groups is 1. The topological polar surface area (TPSA) is 375 Å². The molecule has 8 amide bonds. The molecule has 0 aliphatic heterocycles. The van der Waals surface area contributed by atoms with Gasteiger partial charge in [-0.2, -0.15) is 0 Å². The van der Waals surface area contributed by atoms with Crippen LogP contribution in [0.15, 0.2) is 35.3 Å². The molecule has 0 heterocycles. The Kier molecular flexibility index (Phi) is 23.5. The van der Waals surface area contributed by atoms with Crippen LogP contribution < -0.4 is 60.2 Å². The van der Waals surface area contributed by atoms with Gasteiger partial charge in [-0.15, -0.1) is 23.5 Å². The van der Waals surface area contributed by atoms with Gasteiger partial charge in [0, 0.05) is 38.3 Å². The van der Waals surface area contributed by atoms with Crippen LogP contribution in [0.2, 0.25) is 0 Å². The molecule has 1 rings (SSSR count). The van der Waals surface area contributed by atoms with Crippen LogP contribution in [0.5, 0.6) is 0 Å². The summed E-state index contributed by atoms with van der Waals surface area (Å²) in [7, 11) is 0. The van der Waals surface area contributed by atoms with Crippen molar-refractivity contribution in [3.8, 4) is 0 Å². The van der Waals surface area contributed by atoms with Crippen molar-refractivity contribution in [2.45, 2.75) is 69.7 Å². The summed E-state index contributed by atoms with van der Waals surface area (Å²) in [6.07, 6.45) is -0.790. The highest BCUT2D eigenvalue weighted by Crippen LogP contribution is 2.08. The number of rotatable bonds is 27. The van der Waals surface area contributed by atoms with Crippen LogP contribution in [-0.2, 0) is 49.6 Å². The van der Waals surface area contributed by atoms with Crippen molar-refractivity contribution < 1.29 is 48.3 Å². The van der Waals surface area contributed by atoms with Gasteiger partial charge in [-0.25, -0.2) is 0 Å². The van der Waals surface area contributed by atoms with E-state index >= 15 is 0 Å². The van der Waals surface area contributed by atoms with Crippen molar-refractivity contribution in [3.05, 3.63) is 35.9 Å². The Hall–Kier alpha value is -5.62. The van der Waals surface area contributed by atoms with E-state index in [4.69, 9.17) is 22.9 Å². The third-order valence-electron chi connectivity index (χ3n) is 7.37. The lowest BCUT2D eigenvalue weighted by atomic mass is 10.0. The number of carbonyl (C=O) groups excluding carboxylic acids is 8. The molecule has 0 unspecified atom stereocenters. The number of amides is 8. The molecule has 0 aromatic heterocycles. The lowest BCUT2D eigenvalue weighted by Crippen LogP contribution is -2.58. The first-order chi connectivity index (χ1) is 26.9. The molecule has 0 radical (unpaired) electrons. The Morgan fingerprint density at radius 1 is 0.702 bits per heavy atom. The molecule has 57 heavy (non-hydrogen) atoms. The van der Waals surface area contributed by atoms with Gasteiger partial charge < -0.3 is 65.3 Å². The zero-order valence-corrected chi connectivity index (χ0v) is 33.2. The lowest BCUT2D eigenvalue weighted by molar-refractivity contribution is -0.141. The molecule has 0 aliphatic carbocycles. The number of carboxylic acids is 1. The van der Waals surface area contributed by atoms with Crippen LogP contribution >= 0.6 is 23.5 Å². The van der Waals surface area contributed by atoms with Crippen LogP contribution in [0, 0.1) is 0 Å². The predicted molar refractivity (Wildman–Crippen MR) is 212 cm³/mol. The number of hydrogen-bond donors (Lipinski definition) is 12. The summed E-state index contributed by atoms with van der Waals surface area (Å²) < 4.78 is 0. The second-order valence-corrected chi connectivity index (χ2v) is 14.3. The first-order valence-electron chi connectivity index (χ1n) is 17.4. The van der Waals surface area contributed by atoms with Gasteiger partial charge in [0.15, 0.2) is 5.96 Å². The Morgan fingerprint density at radius 3 is 1.82 bits per heavy atom. The molecule has 1 aromatic rings. The third-order valence-corrected chi connectivity index (χ3v) is 9.23. The van der Waals surface area contributed by atoms with Gasteiger partial charge in [-0.05, 0) is 18.4 Å². The molecule has 24 heteroatoms. The number of carboxylic acid groups (broad SMARTS) is 1. The standard InChI is InChI=1S/C33H52N12O10S2/c1-18(46)40-16-56-14-21(34)29(52)43-22(9-6-10-38-33(36)37)30(53)39-13-26(48)42-24(12-27(49)50)32(55)44-23(11-20-7-4-3-5-8-20)31(54)45-25(28(35)51)15-57-17-41-19(2)47/h3-5,7-8,21-25H,6,9-17,34H2,1-2H3,(H2,35,51)(H,39,53)(H,40,46)(H,41,47)(H,42,48)(H,43,52)(H,44,55)(H,45,54)(H,49,50)(H4,36,37,38)/t21-,22-,23-,24-,25-/m0/s1. The number of nitrogens with zero attached hydrogens (tertiary/aromatic N) is 1. The number of thioether (sulfide) groups is 2. The zero-order valence-electron chi connectivity index (χ0n) is 31.5. The number of aliphatic imine (C=N–C) groups is 1. The molecule has 0 fully saturated rings. The first kappa shape index (κ1) is 49.4. The number of hydrogen-bond acceptors (Lipinski definition) is 13. The van der Waals surface area contributed by atoms with Gasteiger partial charge in [0.2, 0.25) is 47.3 Å². The monoisotopic (exact) mass is 840 g/mol. The van der Waals surface area contributed by atoms with Crippen LogP contribution in [-0.4, -0.2) is 131 Å². The van der Waals surface area contributed by atoms with Crippen molar-refractivity contribution in [2.75, 3.05) is 36.3 Å². The lowest BCUT2D eigenvalue weighted by Gasteiger charge is -2.24. The van der Waals surface area contributed by atoms with Crippen molar-refractivity contribution >= 4 is 82.7 Å². The number of nitrogens with one attached hydrogen (secondary N) is 7. The summed E-state index contributed by atoms with van der Waals surface area (Å²) in [5.74, 6) is -7.16. The summed E-state index contributed by atoms with van der Waals surface area (Å²) in [5.41, 5.74) is 22.7. The summed E-state index contributed by atoms with van der Waals surface area (Å²) in [5, 5.41) is 26.6. The van der Waals surface area contributed by atoms with E-state index in [0.717, 1.165) is 11.8 Å². The highest BCUT2D eigenvalue weighted by Gasteiger charge is 2.31. The maximum Gasteiger partial charge on any atom is 0.305 e. The van der Waals surface area contributed by atoms with Gasteiger partial charge in [-0.1, -0.05) is 30.3 Å². The minimum Gasteiger partial charge on any atom is -0.481 e. The Balaban J connectivity index is 3.07. The number of primary amides is 1. The van der Waals surface area contributed by atoms with Crippen LogP contribution in [0.1, 0.15) is 38.7 Å². The SMILES string of the molecule is CC(=O)NCSC[C@H](NC(=O)[C@H](Cc1ccccc1)NC(=O)[C@H](CC(=O)O)NC(=O)CNC(=O)[C@H](CCCN=C(N)N)NC(=O)[C@@H](N)CSCNC(C)=O)C(N)=O. The summed E-state index contributed by atoms with van der Waals surface area (Å²) in [6.45, 7) is 1.98. The zero-order chi connectivity index (χ0) is 42.9. The average molecular weight is 841 g/mol. The summed E-state index contributed by atoms with van der Waals surface area (Å²) in [4.78, 5) is 116. The molecule has 1 aromatic carbocycles. The first-order valence-corrected chi connectivity index (χ1v) is 19.7. The van der Waals surface area contributed by atoms with E-state index in [1.54, 1.807) is 30.3 Å². The number of nitrogens with two attached hydrogens (primary N) is 4. The van der Waals surface area contributed by atoms with Crippen LogP contribution in [0.4, 0.5) is 0 Å². The van der Waals surface area contributed by atoms with Crippen LogP contribution in [0.25, 0.3) is 0 Å². The van der Waals surface area contributed by atoms with Gasteiger partial charge in [0.1, 0.15) is 24.2 Å². The molecule has 22 nitrogen and oxygen atoms in total. The number of carbonyl (C=O) groups is 9. The van der Waals surface area contributed by atoms with E-state index in [0.29, 0.717) is 5.56 Å². The van der Waals surface area contributed by atoms with Crippen molar-refractivity contribution in [3.63, 3.8) is 0 Å². The number of benzene rings is 1. The minimum absolute atomic E-state index is 0.0151. The highest BCUT2D eigenvalue weighted by atomic mass is 32.2. The van der Waals surface area contributed by atoms with Gasteiger partial charge in [0.25, 0.3) is 0 Å². The fourth-order valence-corrected chi connectivity index (χ4v) is 6.25. The molecule has 316 valence electrons. The third kappa shape index (κ3) is 22.5. The van der Waals surface area contributed by atoms with Gasteiger partial charge in [-0.3, -0.25) is 48.1 Å². The quantitative estimate of drug-likeness (QED) is 0.0171. The van der Waals surface area contributed by atoms with Crippen LogP contribution in [0.3, 0.4) is 0 Å². The predicted octanol–water partition coefficient (Wildman–Crippen LogP) is -4.72. The van der Waals surface area contributed by atoms with Crippen molar-refractivity contribution in [2.24, 2.45) is 27.9 Å². The molecular formula is C33H52N12O10S2. The molecule has 0 spiro atoms. The second-order valence-electron chi connectivity index (χ2n) is 12.3. The average Bonchev–Trinajstić information content (AvgIpc) is 3.13. The van der Waals surface area contributed by atoms with E-state index in [1.165, 1.54) is 25.6 Å². The van der Waals surface area contributed by atoms with E-state index in [9.17, 15) is 48.3 Å². The maximum absolute atomic E-state index is 13.5. The Bertz CT molecular complexity index is 1580. The van der Waals surface area contributed by atoms with E-state index in [1.807, 2.05) is 0 Å². The molecule has 0 saturated carbocycles. The van der Waals surface area contributed by atoms with Crippen molar-refractivity contribution in [1.29, 1.82) is 0 Å². The van der Waals surface area contributed by atoms with E-state index < -0.39 is 84.6 Å². The Morgan fingerprint density at radius 2 is 1.26 bits per heavy atom. The maximum atomic E-state index is 13.5. The highest BCUT2D eigenvalue weighted by molar-refractivity contribution is 7.99. The van der Waals surface area contributed by atoms with E-state index in [-0.39, 0.29) is 66.8 Å². The second kappa shape index (κ2) is 27.1. The van der Waals surface area contributed by atoms with E-state index in [2.05, 4.69) is 42.2 Å². The molecule has 0 bridgehead atoms. The smallest absolute Gasteiger partial charge is 0.305 e. The number of aliphatic carboxylic acids is 1. The normalized spacial score (nSPS) is 13.2. The molecular weight excluding hydrogens is 789 g/mol. The summed E-state index contributed by atoms with van der Waals surface area (Å²) >= 11 is 2.27. The summed E-state index contributed by atoms with van der Waals surface area (Å²) in [6, 6.07) is 1.80. The van der Waals surface area contributed by atoms with Crippen molar-refractivity contribution in [1.82, 2.24) is 37.2 Å². The fourth-order valence-electron chi connectivity index (χ4n) is 4.51. The molecule has 5 atom stereocenters. The van der Waals surface area contributed by atoms with Gasteiger partial charge in [0.05, 0.1) is 30.8 Å². The fraction of sp³-hybridized carbons (Fsp3) is 0.515. The molecule has 0 saturated heterocycles.